The van der Waals surface area contributed by atoms with E-state index in [1.165, 1.54) is 12.1 Å². The number of methoxy groups -OCH3 is 1. The summed E-state index contributed by atoms with van der Waals surface area (Å²) in [4.78, 5) is 12.5. The molecule has 2 aromatic carbocycles. The Hall–Kier alpha value is -2.38. The standard InChI is InChI=1S/C19H24N2O4S/c1-13-9-10-16(11-17(13)19(22)20-15(3)12-25-4)26(23,24)21-18-8-6-5-7-14(18)2/h5-11,15,21H,12H2,1-4H3,(H,20,22)/t15-/m0/s1. The van der Waals surface area contributed by atoms with Crippen LogP contribution in [0.4, 0.5) is 5.69 Å². The van der Waals surface area contributed by atoms with Crippen molar-refractivity contribution in [3.8, 4) is 0 Å². The molecule has 0 saturated heterocycles. The van der Waals surface area contributed by atoms with Gasteiger partial charge in [-0.2, -0.15) is 0 Å². The zero-order valence-corrected chi connectivity index (χ0v) is 16.2. The highest BCUT2D eigenvalue weighted by Crippen LogP contribution is 2.21. The van der Waals surface area contributed by atoms with Crippen molar-refractivity contribution in [1.29, 1.82) is 0 Å². The predicted octanol–water partition coefficient (Wildman–Crippen LogP) is 2.87. The number of ether oxygens (including phenoxy) is 1. The lowest BCUT2D eigenvalue weighted by atomic mass is 10.1. The van der Waals surface area contributed by atoms with E-state index in [0.29, 0.717) is 23.4 Å². The first kappa shape index (κ1) is 19.9. The Labute approximate surface area is 154 Å². The Morgan fingerprint density at radius 1 is 1.12 bits per heavy atom. The van der Waals surface area contributed by atoms with Crippen LogP contribution in [0.25, 0.3) is 0 Å². The van der Waals surface area contributed by atoms with Crippen molar-refractivity contribution < 1.29 is 17.9 Å². The normalized spacial score (nSPS) is 12.5. The molecule has 2 N–H and O–H groups in total. The first-order valence-electron chi connectivity index (χ1n) is 8.23. The number of benzene rings is 2. The average Bonchev–Trinajstić information content (AvgIpc) is 2.57. The average molecular weight is 376 g/mol. The van der Waals surface area contributed by atoms with E-state index in [2.05, 4.69) is 10.0 Å². The van der Waals surface area contributed by atoms with Gasteiger partial charge in [-0.25, -0.2) is 8.42 Å². The van der Waals surface area contributed by atoms with Gasteiger partial charge in [-0.15, -0.1) is 0 Å². The van der Waals surface area contributed by atoms with Crippen LogP contribution in [0.1, 0.15) is 28.4 Å². The molecule has 0 spiro atoms. The first-order chi connectivity index (χ1) is 12.2. The molecule has 140 valence electrons. The largest absolute Gasteiger partial charge is 0.383 e. The van der Waals surface area contributed by atoms with Crippen molar-refractivity contribution in [2.45, 2.75) is 31.7 Å². The number of nitrogens with one attached hydrogen (secondary N) is 2. The van der Waals surface area contributed by atoms with Crippen LogP contribution >= 0.6 is 0 Å². The van der Waals surface area contributed by atoms with Gasteiger partial charge in [0, 0.05) is 18.7 Å². The minimum Gasteiger partial charge on any atom is -0.383 e. The summed E-state index contributed by atoms with van der Waals surface area (Å²) in [6.45, 7) is 5.78. The fourth-order valence-electron chi connectivity index (χ4n) is 2.50. The Bertz CT molecular complexity index is 894. The van der Waals surface area contributed by atoms with Crippen LogP contribution in [0.5, 0.6) is 0 Å². The molecule has 1 amide bonds. The number of hydrogen-bond acceptors (Lipinski definition) is 4. The number of para-hydroxylation sites is 1. The Kier molecular flexibility index (Phi) is 6.39. The Morgan fingerprint density at radius 2 is 1.81 bits per heavy atom. The van der Waals surface area contributed by atoms with E-state index in [1.807, 2.05) is 26.0 Å². The monoisotopic (exact) mass is 376 g/mol. The number of amides is 1. The number of aryl methyl sites for hydroxylation is 2. The van der Waals surface area contributed by atoms with Crippen LogP contribution in [0.15, 0.2) is 47.4 Å². The number of sulfonamides is 1. The summed E-state index contributed by atoms with van der Waals surface area (Å²) in [5, 5.41) is 2.80. The van der Waals surface area contributed by atoms with Crippen molar-refractivity contribution in [3.63, 3.8) is 0 Å². The summed E-state index contributed by atoms with van der Waals surface area (Å²) in [6, 6.07) is 11.4. The second-order valence-corrected chi connectivity index (χ2v) is 7.91. The fourth-order valence-corrected chi connectivity index (χ4v) is 3.65. The van der Waals surface area contributed by atoms with Gasteiger partial charge in [-0.1, -0.05) is 24.3 Å². The SMILES string of the molecule is COC[C@H](C)NC(=O)c1cc(S(=O)(=O)Nc2ccccc2C)ccc1C. The number of anilines is 1. The molecule has 1 atom stereocenters. The summed E-state index contributed by atoms with van der Waals surface area (Å²) in [5.74, 6) is -0.333. The lowest BCUT2D eigenvalue weighted by Gasteiger charge is -2.15. The third-order valence-electron chi connectivity index (χ3n) is 3.95. The molecule has 2 rings (SSSR count). The van der Waals surface area contributed by atoms with Crippen LogP contribution in [0.2, 0.25) is 0 Å². The van der Waals surface area contributed by atoms with Crippen molar-refractivity contribution in [3.05, 3.63) is 59.2 Å². The van der Waals surface area contributed by atoms with Crippen LogP contribution in [0.3, 0.4) is 0 Å². The van der Waals surface area contributed by atoms with Crippen molar-refractivity contribution >= 4 is 21.6 Å². The summed E-state index contributed by atoms with van der Waals surface area (Å²) in [6.07, 6.45) is 0. The van der Waals surface area contributed by atoms with E-state index < -0.39 is 10.0 Å². The predicted molar refractivity (Wildman–Crippen MR) is 102 cm³/mol. The van der Waals surface area contributed by atoms with Gasteiger partial charge in [-0.3, -0.25) is 9.52 Å². The van der Waals surface area contributed by atoms with E-state index in [4.69, 9.17) is 4.74 Å². The summed E-state index contributed by atoms with van der Waals surface area (Å²) in [7, 11) is -2.25. The lowest BCUT2D eigenvalue weighted by Crippen LogP contribution is -2.36. The maximum Gasteiger partial charge on any atom is 0.261 e. The third-order valence-corrected chi connectivity index (χ3v) is 5.31. The summed E-state index contributed by atoms with van der Waals surface area (Å²) >= 11 is 0. The van der Waals surface area contributed by atoms with Gasteiger partial charge in [0.2, 0.25) is 0 Å². The molecule has 26 heavy (non-hydrogen) atoms. The van der Waals surface area contributed by atoms with Gasteiger partial charge < -0.3 is 10.1 Å². The highest BCUT2D eigenvalue weighted by atomic mass is 32.2. The summed E-state index contributed by atoms with van der Waals surface area (Å²) in [5.41, 5.74) is 2.34. The molecule has 6 nitrogen and oxygen atoms in total. The number of rotatable bonds is 7. The number of carbonyl (C=O) groups excluding carboxylic acids is 1. The molecule has 0 aliphatic rings. The lowest BCUT2D eigenvalue weighted by molar-refractivity contribution is 0.0904. The molecule has 0 aliphatic heterocycles. The van der Waals surface area contributed by atoms with E-state index in [-0.39, 0.29) is 16.8 Å². The smallest absolute Gasteiger partial charge is 0.261 e. The molecule has 0 heterocycles. The molecule has 0 bridgehead atoms. The van der Waals surface area contributed by atoms with Crippen molar-refractivity contribution in [1.82, 2.24) is 5.32 Å². The molecular formula is C19H24N2O4S. The maximum absolute atomic E-state index is 12.7. The minimum atomic E-state index is -3.80. The van der Waals surface area contributed by atoms with E-state index >= 15 is 0 Å². The molecule has 0 fully saturated rings. The van der Waals surface area contributed by atoms with Crippen LogP contribution in [-0.2, 0) is 14.8 Å². The van der Waals surface area contributed by atoms with E-state index in [1.54, 1.807) is 32.2 Å². The van der Waals surface area contributed by atoms with Gasteiger partial charge in [0.1, 0.15) is 0 Å². The second kappa shape index (κ2) is 8.33. The number of hydrogen-bond donors (Lipinski definition) is 2. The van der Waals surface area contributed by atoms with Gasteiger partial charge >= 0.3 is 0 Å². The highest BCUT2D eigenvalue weighted by molar-refractivity contribution is 7.92. The molecule has 2 aromatic rings. The second-order valence-electron chi connectivity index (χ2n) is 6.23. The molecule has 0 saturated carbocycles. The van der Waals surface area contributed by atoms with E-state index in [9.17, 15) is 13.2 Å². The molecule has 0 aliphatic carbocycles. The quantitative estimate of drug-likeness (QED) is 0.778. The minimum absolute atomic E-state index is 0.0379. The van der Waals surface area contributed by atoms with E-state index in [0.717, 1.165) is 5.56 Å². The van der Waals surface area contributed by atoms with Gasteiger partial charge in [0.15, 0.2) is 0 Å². The maximum atomic E-state index is 12.7. The topological polar surface area (TPSA) is 84.5 Å². The van der Waals surface area contributed by atoms with Crippen molar-refractivity contribution in [2.75, 3.05) is 18.4 Å². The molecule has 0 radical (unpaired) electrons. The zero-order chi connectivity index (χ0) is 19.3. The van der Waals surface area contributed by atoms with Gasteiger partial charge in [-0.05, 0) is 50.1 Å². The fraction of sp³-hybridized carbons (Fsp3) is 0.316. The molecular weight excluding hydrogens is 352 g/mol. The molecule has 0 unspecified atom stereocenters. The molecule has 7 heteroatoms. The van der Waals surface area contributed by atoms with Crippen LogP contribution in [0, 0.1) is 13.8 Å². The van der Waals surface area contributed by atoms with Crippen molar-refractivity contribution in [2.24, 2.45) is 0 Å². The zero-order valence-electron chi connectivity index (χ0n) is 15.4. The third kappa shape index (κ3) is 4.83. The van der Waals surface area contributed by atoms with Gasteiger partial charge in [0.05, 0.1) is 17.2 Å². The Morgan fingerprint density at radius 3 is 2.46 bits per heavy atom. The van der Waals surface area contributed by atoms with Crippen LogP contribution < -0.4 is 10.0 Å². The van der Waals surface area contributed by atoms with Crippen LogP contribution in [-0.4, -0.2) is 34.1 Å². The first-order valence-corrected chi connectivity index (χ1v) is 9.72. The molecule has 0 aromatic heterocycles. The number of carbonyl (C=O) groups is 1. The highest BCUT2D eigenvalue weighted by Gasteiger charge is 2.19. The Balaban J connectivity index is 2.30. The van der Waals surface area contributed by atoms with Gasteiger partial charge in [0.25, 0.3) is 15.9 Å². The summed E-state index contributed by atoms with van der Waals surface area (Å²) < 4.78 is 33.0.